The molecule has 0 saturated carbocycles. The van der Waals surface area contributed by atoms with Gasteiger partial charge in [-0.15, -0.1) is 0 Å². The lowest BCUT2D eigenvalue weighted by atomic mass is 9.97. The molecule has 5 nitrogen and oxygen atoms in total. The van der Waals surface area contributed by atoms with Crippen molar-refractivity contribution in [3.8, 4) is 0 Å². The van der Waals surface area contributed by atoms with E-state index in [9.17, 15) is 0 Å². The quantitative estimate of drug-likeness (QED) is 0.816. The minimum absolute atomic E-state index is 0.777. The molecule has 1 fully saturated rings. The lowest BCUT2D eigenvalue weighted by Crippen LogP contribution is -2.37. The van der Waals surface area contributed by atoms with Gasteiger partial charge in [-0.2, -0.15) is 4.98 Å². The molecule has 1 aliphatic rings. The fourth-order valence-corrected chi connectivity index (χ4v) is 2.57. The van der Waals surface area contributed by atoms with E-state index >= 15 is 0 Å². The van der Waals surface area contributed by atoms with E-state index in [1.54, 1.807) is 0 Å². The van der Waals surface area contributed by atoms with Crippen molar-refractivity contribution in [1.29, 1.82) is 0 Å². The van der Waals surface area contributed by atoms with Gasteiger partial charge in [0.05, 0.1) is 6.54 Å². The van der Waals surface area contributed by atoms with E-state index in [0.29, 0.717) is 0 Å². The maximum Gasteiger partial charge on any atom is 0.226 e. The molecule has 0 amide bonds. The highest BCUT2D eigenvalue weighted by molar-refractivity contribution is 4.87. The van der Waals surface area contributed by atoms with Crippen LogP contribution in [0.4, 0.5) is 0 Å². The molecule has 1 N–H and O–H groups in total. The zero-order chi connectivity index (χ0) is 13.5. The normalized spacial score (nSPS) is 18.0. The second-order valence-corrected chi connectivity index (χ2v) is 5.38. The Hall–Kier alpha value is -0.940. The molecule has 0 aromatic carbocycles. The third-order valence-corrected chi connectivity index (χ3v) is 3.73. The van der Waals surface area contributed by atoms with Gasteiger partial charge in [-0.25, -0.2) is 0 Å². The molecule has 1 aromatic rings. The first-order valence-electron chi connectivity index (χ1n) is 7.56. The lowest BCUT2D eigenvalue weighted by molar-refractivity contribution is 0.170. The van der Waals surface area contributed by atoms with Crippen molar-refractivity contribution in [1.82, 2.24) is 20.4 Å². The fourth-order valence-electron chi connectivity index (χ4n) is 2.57. The van der Waals surface area contributed by atoms with Gasteiger partial charge in [-0.3, -0.25) is 4.90 Å². The molecule has 108 valence electrons. The molecule has 1 saturated heterocycles. The molecule has 5 heteroatoms. The van der Waals surface area contributed by atoms with E-state index in [1.165, 1.54) is 12.8 Å². The Morgan fingerprint density at radius 3 is 2.79 bits per heavy atom. The van der Waals surface area contributed by atoms with Gasteiger partial charge in [-0.1, -0.05) is 19.0 Å². The Morgan fingerprint density at radius 1 is 1.32 bits per heavy atom. The Morgan fingerprint density at radius 2 is 2.11 bits per heavy atom. The number of piperidine rings is 1. The van der Waals surface area contributed by atoms with Crippen LogP contribution in [0.3, 0.4) is 0 Å². The standard InChI is InChI=1S/C14H26N4O/c1-3-5-14-16-13(17-19-14)11-18-8-6-12(7-9-18)10-15-4-2/h12,15H,3-11H2,1-2H3. The molecule has 0 radical (unpaired) electrons. The lowest BCUT2D eigenvalue weighted by Gasteiger charge is -2.31. The molecule has 0 spiro atoms. The van der Waals surface area contributed by atoms with Gasteiger partial charge in [0.1, 0.15) is 0 Å². The van der Waals surface area contributed by atoms with Crippen LogP contribution in [0.1, 0.15) is 44.8 Å². The zero-order valence-corrected chi connectivity index (χ0v) is 12.2. The van der Waals surface area contributed by atoms with Gasteiger partial charge < -0.3 is 9.84 Å². The second kappa shape index (κ2) is 7.60. The maximum atomic E-state index is 5.22. The Labute approximate surface area is 115 Å². The van der Waals surface area contributed by atoms with Crippen LogP contribution in [-0.2, 0) is 13.0 Å². The molecule has 0 aliphatic carbocycles. The van der Waals surface area contributed by atoms with E-state index in [2.05, 4.69) is 34.2 Å². The predicted octanol–water partition coefficient (Wildman–Crippen LogP) is 1.84. The average molecular weight is 266 g/mol. The van der Waals surface area contributed by atoms with Crippen molar-refractivity contribution in [3.63, 3.8) is 0 Å². The van der Waals surface area contributed by atoms with Gasteiger partial charge in [-0.05, 0) is 51.4 Å². The summed E-state index contributed by atoms with van der Waals surface area (Å²) in [5.41, 5.74) is 0. The summed E-state index contributed by atoms with van der Waals surface area (Å²) in [4.78, 5) is 6.86. The molecule has 1 aliphatic heterocycles. The van der Waals surface area contributed by atoms with Crippen LogP contribution in [0.5, 0.6) is 0 Å². The number of aromatic nitrogens is 2. The molecule has 1 aromatic heterocycles. The number of rotatable bonds is 7. The van der Waals surface area contributed by atoms with Crippen LogP contribution in [0.15, 0.2) is 4.52 Å². The molecule has 0 unspecified atom stereocenters. The highest BCUT2D eigenvalue weighted by Gasteiger charge is 2.20. The monoisotopic (exact) mass is 266 g/mol. The summed E-state index contributed by atoms with van der Waals surface area (Å²) in [6.07, 6.45) is 4.48. The summed E-state index contributed by atoms with van der Waals surface area (Å²) in [7, 11) is 0. The molecular formula is C14H26N4O. The highest BCUT2D eigenvalue weighted by Crippen LogP contribution is 2.17. The summed E-state index contributed by atoms with van der Waals surface area (Å²) in [5, 5.41) is 7.50. The number of hydrogen-bond acceptors (Lipinski definition) is 5. The number of nitrogens with zero attached hydrogens (tertiary/aromatic N) is 3. The van der Waals surface area contributed by atoms with Crippen LogP contribution >= 0.6 is 0 Å². The van der Waals surface area contributed by atoms with Crippen LogP contribution in [-0.4, -0.2) is 41.2 Å². The van der Waals surface area contributed by atoms with E-state index in [-0.39, 0.29) is 0 Å². The minimum Gasteiger partial charge on any atom is -0.339 e. The third-order valence-electron chi connectivity index (χ3n) is 3.73. The van der Waals surface area contributed by atoms with E-state index in [1.807, 2.05) is 0 Å². The van der Waals surface area contributed by atoms with Gasteiger partial charge in [0.15, 0.2) is 5.82 Å². The molecule has 2 heterocycles. The van der Waals surface area contributed by atoms with Gasteiger partial charge in [0.25, 0.3) is 0 Å². The first kappa shape index (κ1) is 14.5. The fraction of sp³-hybridized carbons (Fsp3) is 0.857. The smallest absolute Gasteiger partial charge is 0.226 e. The van der Waals surface area contributed by atoms with E-state index in [0.717, 1.165) is 63.2 Å². The topological polar surface area (TPSA) is 54.2 Å². The minimum atomic E-state index is 0.777. The number of likely N-dealkylation sites (tertiary alicyclic amines) is 1. The summed E-state index contributed by atoms with van der Waals surface area (Å²) >= 11 is 0. The van der Waals surface area contributed by atoms with Crippen molar-refractivity contribution in [2.75, 3.05) is 26.2 Å². The maximum absolute atomic E-state index is 5.22. The van der Waals surface area contributed by atoms with Crippen LogP contribution < -0.4 is 5.32 Å². The number of hydrogen-bond donors (Lipinski definition) is 1. The van der Waals surface area contributed by atoms with Gasteiger partial charge in [0, 0.05) is 6.42 Å². The highest BCUT2D eigenvalue weighted by atomic mass is 16.5. The molecule has 2 rings (SSSR count). The van der Waals surface area contributed by atoms with Gasteiger partial charge in [0.2, 0.25) is 5.89 Å². The molecule has 0 bridgehead atoms. The largest absolute Gasteiger partial charge is 0.339 e. The van der Waals surface area contributed by atoms with Crippen LogP contribution in [0, 0.1) is 5.92 Å². The Bertz CT molecular complexity index is 358. The summed E-state index contributed by atoms with van der Waals surface area (Å²) in [6.45, 7) is 9.65. The second-order valence-electron chi connectivity index (χ2n) is 5.38. The molecule has 0 atom stereocenters. The Balaban J connectivity index is 1.72. The SMILES string of the molecule is CCCc1nc(CN2CCC(CNCC)CC2)no1. The number of nitrogens with one attached hydrogen (secondary N) is 1. The van der Waals surface area contributed by atoms with E-state index < -0.39 is 0 Å². The predicted molar refractivity (Wildman–Crippen MR) is 74.8 cm³/mol. The van der Waals surface area contributed by atoms with Crippen molar-refractivity contribution >= 4 is 0 Å². The average Bonchev–Trinajstić information content (AvgIpc) is 2.86. The summed E-state index contributed by atoms with van der Waals surface area (Å²) in [6, 6.07) is 0. The van der Waals surface area contributed by atoms with Crippen molar-refractivity contribution in [2.45, 2.75) is 46.1 Å². The Kier molecular flexibility index (Phi) is 5.79. The third kappa shape index (κ3) is 4.58. The van der Waals surface area contributed by atoms with Gasteiger partial charge >= 0.3 is 0 Å². The zero-order valence-electron chi connectivity index (χ0n) is 12.2. The van der Waals surface area contributed by atoms with Crippen molar-refractivity contribution < 1.29 is 4.52 Å². The van der Waals surface area contributed by atoms with Crippen LogP contribution in [0.2, 0.25) is 0 Å². The molecule has 19 heavy (non-hydrogen) atoms. The van der Waals surface area contributed by atoms with E-state index in [4.69, 9.17) is 4.52 Å². The summed E-state index contributed by atoms with van der Waals surface area (Å²) < 4.78 is 5.22. The van der Waals surface area contributed by atoms with Crippen molar-refractivity contribution in [2.24, 2.45) is 5.92 Å². The van der Waals surface area contributed by atoms with Crippen LogP contribution in [0.25, 0.3) is 0 Å². The number of aryl methyl sites for hydroxylation is 1. The summed E-state index contributed by atoms with van der Waals surface area (Å²) in [5.74, 6) is 2.45. The van der Waals surface area contributed by atoms with Crippen molar-refractivity contribution in [3.05, 3.63) is 11.7 Å². The molecular weight excluding hydrogens is 240 g/mol. The first-order chi connectivity index (χ1) is 9.31. The first-order valence-corrected chi connectivity index (χ1v) is 7.56.